The van der Waals surface area contributed by atoms with Gasteiger partial charge in [-0.25, -0.2) is 9.97 Å². The van der Waals surface area contributed by atoms with Crippen LogP contribution in [0.5, 0.6) is 0 Å². The van der Waals surface area contributed by atoms with Gasteiger partial charge in [-0.1, -0.05) is 37.3 Å². The Labute approximate surface area is 124 Å². The van der Waals surface area contributed by atoms with E-state index in [1.807, 2.05) is 30.1 Å². The van der Waals surface area contributed by atoms with Gasteiger partial charge in [0.1, 0.15) is 11.6 Å². The molecule has 4 heteroatoms. The molecule has 2 heterocycles. The van der Waals surface area contributed by atoms with Crippen LogP contribution in [0.15, 0.2) is 42.6 Å². The Kier molecular flexibility index (Phi) is 4.21. The molecule has 1 aromatic heterocycles. The van der Waals surface area contributed by atoms with E-state index in [1.165, 1.54) is 11.3 Å². The number of thioether (sulfide) groups is 1. The largest absolute Gasteiger partial charge is 0.355 e. The molecular formula is C16H19N3S. The van der Waals surface area contributed by atoms with E-state index in [1.54, 1.807) is 0 Å². The summed E-state index contributed by atoms with van der Waals surface area (Å²) in [5.41, 5.74) is 1.26. The van der Waals surface area contributed by atoms with E-state index >= 15 is 0 Å². The molecular weight excluding hydrogens is 266 g/mol. The number of aromatic nitrogens is 2. The van der Waals surface area contributed by atoms with E-state index in [0.29, 0.717) is 5.25 Å². The van der Waals surface area contributed by atoms with Crippen LogP contribution in [0.3, 0.4) is 0 Å². The van der Waals surface area contributed by atoms with Gasteiger partial charge in [-0.15, -0.1) is 0 Å². The molecule has 3 rings (SSSR count). The van der Waals surface area contributed by atoms with Gasteiger partial charge in [-0.2, -0.15) is 11.8 Å². The molecule has 0 saturated carbocycles. The van der Waals surface area contributed by atoms with Crippen LogP contribution in [0, 0.1) is 0 Å². The van der Waals surface area contributed by atoms with E-state index in [0.717, 1.165) is 31.2 Å². The lowest BCUT2D eigenvalue weighted by Gasteiger charge is -2.31. The van der Waals surface area contributed by atoms with Crippen molar-refractivity contribution in [2.75, 3.05) is 23.7 Å². The topological polar surface area (TPSA) is 29.0 Å². The summed E-state index contributed by atoms with van der Waals surface area (Å²) >= 11 is 2.04. The summed E-state index contributed by atoms with van der Waals surface area (Å²) in [5, 5.41) is 0.677. The lowest BCUT2D eigenvalue weighted by atomic mass is 10.1. The normalized spacial score (nSPS) is 19.1. The van der Waals surface area contributed by atoms with Crippen molar-refractivity contribution in [1.82, 2.24) is 9.97 Å². The van der Waals surface area contributed by atoms with Gasteiger partial charge in [-0.3, -0.25) is 0 Å². The molecule has 20 heavy (non-hydrogen) atoms. The fourth-order valence-electron chi connectivity index (χ4n) is 2.45. The molecule has 0 radical (unpaired) electrons. The summed E-state index contributed by atoms with van der Waals surface area (Å²) < 4.78 is 0. The molecule has 0 N–H and O–H groups in total. The predicted molar refractivity (Wildman–Crippen MR) is 85.4 cm³/mol. The highest BCUT2D eigenvalue weighted by Crippen LogP contribution is 2.22. The Morgan fingerprint density at radius 3 is 2.90 bits per heavy atom. The third kappa shape index (κ3) is 3.31. The van der Waals surface area contributed by atoms with Gasteiger partial charge in [0.25, 0.3) is 0 Å². The van der Waals surface area contributed by atoms with Crippen molar-refractivity contribution in [2.24, 2.45) is 0 Å². The Balaban J connectivity index is 1.75. The number of benzene rings is 1. The van der Waals surface area contributed by atoms with Crippen LogP contribution >= 0.6 is 11.8 Å². The second-order valence-corrected chi connectivity index (χ2v) is 6.67. The van der Waals surface area contributed by atoms with E-state index in [-0.39, 0.29) is 0 Å². The van der Waals surface area contributed by atoms with Crippen LogP contribution < -0.4 is 4.90 Å². The van der Waals surface area contributed by atoms with Crippen LogP contribution in [-0.4, -0.2) is 34.1 Å². The summed E-state index contributed by atoms with van der Waals surface area (Å²) in [4.78, 5) is 11.5. The highest BCUT2D eigenvalue weighted by atomic mass is 32.2. The zero-order chi connectivity index (χ0) is 13.8. The Morgan fingerprint density at radius 2 is 2.10 bits per heavy atom. The summed E-state index contributed by atoms with van der Waals surface area (Å²) in [6, 6.07) is 12.4. The molecule has 0 amide bonds. The van der Waals surface area contributed by atoms with Crippen LogP contribution in [0.25, 0.3) is 0 Å². The zero-order valence-corrected chi connectivity index (χ0v) is 12.5. The van der Waals surface area contributed by atoms with E-state index < -0.39 is 0 Å². The minimum Gasteiger partial charge on any atom is -0.355 e. The Morgan fingerprint density at radius 1 is 1.25 bits per heavy atom. The Bertz CT molecular complexity index is 559. The molecule has 1 atom stereocenters. The van der Waals surface area contributed by atoms with Crippen LogP contribution in [-0.2, 0) is 6.42 Å². The quantitative estimate of drug-likeness (QED) is 0.867. The zero-order valence-electron chi connectivity index (χ0n) is 11.7. The molecule has 0 aliphatic carbocycles. The average Bonchev–Trinajstić information content (AvgIpc) is 2.49. The standard InChI is InChI=1S/C16H19N3S/c1-13-12-19(9-10-20-13)16-7-8-17-15(18-16)11-14-5-3-2-4-6-14/h2-8,13H,9-12H2,1H3. The fourth-order valence-corrected chi connectivity index (χ4v) is 3.47. The van der Waals surface area contributed by atoms with Crippen LogP contribution in [0.2, 0.25) is 0 Å². The Hall–Kier alpha value is -1.55. The highest BCUT2D eigenvalue weighted by Gasteiger charge is 2.18. The predicted octanol–water partition coefficient (Wildman–Crippen LogP) is 3.01. The average molecular weight is 285 g/mol. The van der Waals surface area contributed by atoms with Gasteiger partial charge in [-0.05, 0) is 11.6 Å². The third-order valence-corrected chi connectivity index (χ3v) is 4.60. The van der Waals surface area contributed by atoms with Gasteiger partial charge in [0.15, 0.2) is 0 Å². The molecule has 0 bridgehead atoms. The lowest BCUT2D eigenvalue weighted by molar-refractivity contribution is 0.762. The first-order valence-corrected chi connectivity index (χ1v) is 8.08. The van der Waals surface area contributed by atoms with Crippen molar-refractivity contribution < 1.29 is 0 Å². The second-order valence-electron chi connectivity index (χ2n) is 5.12. The van der Waals surface area contributed by atoms with E-state index in [2.05, 4.69) is 41.1 Å². The summed E-state index contributed by atoms with van der Waals surface area (Å²) in [6.45, 7) is 4.44. The number of hydrogen-bond acceptors (Lipinski definition) is 4. The molecule has 0 spiro atoms. The van der Waals surface area contributed by atoms with Gasteiger partial charge in [0, 0.05) is 36.7 Å². The molecule has 1 unspecified atom stereocenters. The van der Waals surface area contributed by atoms with Crippen molar-refractivity contribution in [2.45, 2.75) is 18.6 Å². The van der Waals surface area contributed by atoms with Crippen molar-refractivity contribution in [3.63, 3.8) is 0 Å². The maximum Gasteiger partial charge on any atom is 0.135 e. The lowest BCUT2D eigenvalue weighted by Crippen LogP contribution is -2.37. The molecule has 1 fully saturated rings. The molecule has 1 aliphatic heterocycles. The van der Waals surface area contributed by atoms with Crippen molar-refractivity contribution in [3.05, 3.63) is 54.0 Å². The molecule has 1 saturated heterocycles. The van der Waals surface area contributed by atoms with Gasteiger partial charge in [0.2, 0.25) is 0 Å². The summed E-state index contributed by atoms with van der Waals surface area (Å²) in [5.74, 6) is 3.15. The first-order chi connectivity index (χ1) is 9.81. The van der Waals surface area contributed by atoms with Crippen molar-refractivity contribution >= 4 is 17.6 Å². The van der Waals surface area contributed by atoms with Gasteiger partial charge in [0.05, 0.1) is 0 Å². The molecule has 1 aromatic carbocycles. The minimum absolute atomic E-state index is 0.677. The number of nitrogens with zero attached hydrogens (tertiary/aromatic N) is 3. The van der Waals surface area contributed by atoms with Crippen molar-refractivity contribution in [1.29, 1.82) is 0 Å². The minimum atomic E-state index is 0.677. The van der Waals surface area contributed by atoms with E-state index in [9.17, 15) is 0 Å². The van der Waals surface area contributed by atoms with Crippen LogP contribution in [0.1, 0.15) is 18.3 Å². The monoisotopic (exact) mass is 285 g/mol. The second kappa shape index (κ2) is 6.27. The summed E-state index contributed by atoms with van der Waals surface area (Å²) in [7, 11) is 0. The molecule has 104 valence electrons. The van der Waals surface area contributed by atoms with Gasteiger partial charge < -0.3 is 4.90 Å². The van der Waals surface area contributed by atoms with Gasteiger partial charge >= 0.3 is 0 Å². The first-order valence-electron chi connectivity index (χ1n) is 7.03. The maximum atomic E-state index is 4.73. The highest BCUT2D eigenvalue weighted by molar-refractivity contribution is 8.00. The first kappa shape index (κ1) is 13.4. The molecule has 3 nitrogen and oxygen atoms in total. The van der Waals surface area contributed by atoms with E-state index in [4.69, 9.17) is 4.98 Å². The molecule has 1 aliphatic rings. The SMILES string of the molecule is CC1CN(c2ccnc(Cc3ccccc3)n2)CCS1. The number of anilines is 1. The molecule has 2 aromatic rings. The number of hydrogen-bond donors (Lipinski definition) is 0. The van der Waals surface area contributed by atoms with Crippen molar-refractivity contribution in [3.8, 4) is 0 Å². The van der Waals surface area contributed by atoms with Crippen LogP contribution in [0.4, 0.5) is 5.82 Å². The fraction of sp³-hybridized carbons (Fsp3) is 0.375. The summed E-state index contributed by atoms with van der Waals surface area (Å²) in [6.07, 6.45) is 2.68. The maximum absolute atomic E-state index is 4.73. The third-order valence-electron chi connectivity index (χ3n) is 3.46. The number of rotatable bonds is 3. The smallest absolute Gasteiger partial charge is 0.135 e.